The number of benzene rings is 1. The highest BCUT2D eigenvalue weighted by molar-refractivity contribution is 7.92. The van der Waals surface area contributed by atoms with Gasteiger partial charge in [0, 0.05) is 24.8 Å². The number of halogens is 3. The van der Waals surface area contributed by atoms with Gasteiger partial charge < -0.3 is 9.64 Å². The second-order valence-corrected chi connectivity index (χ2v) is 9.61. The number of nitrogens with one attached hydrogen (secondary N) is 1. The fourth-order valence-corrected chi connectivity index (χ4v) is 4.93. The molecule has 0 spiro atoms. The van der Waals surface area contributed by atoms with Crippen LogP contribution in [-0.2, 0) is 20.9 Å². The molecule has 1 fully saturated rings. The van der Waals surface area contributed by atoms with Crippen molar-refractivity contribution in [3.8, 4) is 11.8 Å². The summed E-state index contributed by atoms with van der Waals surface area (Å²) in [6.45, 7) is 5.79. The van der Waals surface area contributed by atoms with Crippen LogP contribution in [0.15, 0.2) is 47.8 Å². The molecule has 8 nitrogen and oxygen atoms in total. The highest BCUT2D eigenvalue weighted by atomic mass is 32.2. The molecular weight excluding hydrogens is 495 g/mol. The molecule has 12 heteroatoms. The molecule has 1 saturated heterocycles. The zero-order chi connectivity index (χ0) is 25.9. The minimum atomic E-state index is -4.83. The topological polar surface area (TPSA) is 97.3 Å². The van der Waals surface area contributed by atoms with Crippen LogP contribution in [0.4, 0.5) is 24.7 Å². The lowest BCUT2D eigenvalue weighted by atomic mass is 10.1. The Labute approximate surface area is 206 Å². The Hall–Kier alpha value is -3.69. The predicted octanol–water partition coefficient (Wildman–Crippen LogP) is 3.54. The molecule has 1 aromatic carbocycles. The number of sulfonamides is 1. The van der Waals surface area contributed by atoms with Crippen molar-refractivity contribution in [3.63, 3.8) is 0 Å². The molecule has 188 valence electrons. The van der Waals surface area contributed by atoms with Gasteiger partial charge in [-0.2, -0.15) is 13.2 Å². The second-order valence-electron chi connectivity index (χ2n) is 7.96. The van der Waals surface area contributed by atoms with E-state index in [9.17, 15) is 21.6 Å². The van der Waals surface area contributed by atoms with Crippen LogP contribution in [0.5, 0.6) is 0 Å². The molecule has 0 amide bonds. The van der Waals surface area contributed by atoms with E-state index < -0.39 is 26.7 Å². The van der Waals surface area contributed by atoms with Gasteiger partial charge in [0.25, 0.3) is 10.0 Å². The predicted molar refractivity (Wildman–Crippen MR) is 127 cm³/mol. The Morgan fingerprint density at radius 2 is 1.75 bits per heavy atom. The third kappa shape index (κ3) is 5.58. The van der Waals surface area contributed by atoms with Crippen molar-refractivity contribution in [3.05, 3.63) is 70.9 Å². The molecule has 0 atom stereocenters. The maximum atomic E-state index is 13.4. The molecule has 1 N–H and O–H groups in total. The summed E-state index contributed by atoms with van der Waals surface area (Å²) < 4.78 is 73.5. The number of nitrogens with zero attached hydrogens (tertiary/aromatic N) is 4. The quantitative estimate of drug-likeness (QED) is 0.529. The van der Waals surface area contributed by atoms with Gasteiger partial charge in [0.05, 0.1) is 46.3 Å². The van der Waals surface area contributed by atoms with E-state index in [2.05, 4.69) is 31.5 Å². The number of aryl methyl sites for hydroxylation is 2. The maximum absolute atomic E-state index is 13.4. The largest absolute Gasteiger partial charge is 0.417 e. The van der Waals surface area contributed by atoms with Crippen molar-refractivity contribution >= 4 is 21.5 Å². The fourth-order valence-electron chi connectivity index (χ4n) is 3.60. The van der Waals surface area contributed by atoms with Crippen LogP contribution < -0.4 is 9.62 Å². The van der Waals surface area contributed by atoms with E-state index in [1.165, 1.54) is 31.6 Å². The van der Waals surface area contributed by atoms with Gasteiger partial charge in [-0.25, -0.2) is 18.4 Å². The molecule has 0 aliphatic carbocycles. The first-order valence-corrected chi connectivity index (χ1v) is 12.4. The number of hydrogen-bond donors (Lipinski definition) is 1. The van der Waals surface area contributed by atoms with Crippen LogP contribution in [0.25, 0.3) is 0 Å². The molecule has 0 unspecified atom stereocenters. The number of morpholine rings is 1. The van der Waals surface area contributed by atoms with Crippen LogP contribution in [0.1, 0.15) is 28.1 Å². The molecule has 3 aromatic rings. The molecule has 1 aliphatic heterocycles. The highest BCUT2D eigenvalue weighted by Gasteiger charge is 2.37. The average Bonchev–Trinajstić information content (AvgIpc) is 2.85. The van der Waals surface area contributed by atoms with E-state index in [4.69, 9.17) is 4.74 Å². The number of aromatic nitrogens is 3. The van der Waals surface area contributed by atoms with Crippen molar-refractivity contribution in [2.45, 2.75) is 24.9 Å². The van der Waals surface area contributed by atoms with E-state index in [1.54, 1.807) is 6.92 Å². The van der Waals surface area contributed by atoms with E-state index in [-0.39, 0.29) is 11.4 Å². The standard InChI is InChI=1S/C24H22F3N5O3S/c1-16-19(23(30-15-29-16)32-9-11-35-12-10-32)8-7-18-13-21(17(2)28-14-18)31-36(33,34)22-6-4-3-5-20(22)24(25,26)27/h3-6,13-15,31H,9-12H2,1-2H3. The van der Waals surface area contributed by atoms with Gasteiger partial charge in [0.2, 0.25) is 0 Å². The smallest absolute Gasteiger partial charge is 0.378 e. The summed E-state index contributed by atoms with van der Waals surface area (Å²) in [4.78, 5) is 13.9. The van der Waals surface area contributed by atoms with E-state index in [0.29, 0.717) is 48.9 Å². The third-order valence-corrected chi connectivity index (χ3v) is 6.90. The Morgan fingerprint density at radius 1 is 1.03 bits per heavy atom. The van der Waals surface area contributed by atoms with Gasteiger partial charge >= 0.3 is 6.18 Å². The number of anilines is 2. The monoisotopic (exact) mass is 517 g/mol. The first kappa shape index (κ1) is 25.4. The van der Waals surface area contributed by atoms with Gasteiger partial charge in [0.1, 0.15) is 12.1 Å². The molecule has 4 rings (SSSR count). The van der Waals surface area contributed by atoms with Gasteiger partial charge in [-0.1, -0.05) is 24.0 Å². The molecule has 2 aromatic heterocycles. The summed E-state index contributed by atoms with van der Waals surface area (Å²) in [6, 6.07) is 5.41. The molecule has 0 saturated carbocycles. The normalized spacial score (nSPS) is 14.2. The molecular formula is C24H22F3N5O3S. The Balaban J connectivity index is 1.67. The lowest BCUT2D eigenvalue weighted by Crippen LogP contribution is -2.37. The number of rotatable bonds is 4. The van der Waals surface area contributed by atoms with Gasteiger partial charge in [-0.05, 0) is 32.0 Å². The zero-order valence-corrected chi connectivity index (χ0v) is 20.2. The Morgan fingerprint density at radius 3 is 2.47 bits per heavy atom. The molecule has 3 heterocycles. The number of ether oxygens (including phenoxy) is 1. The van der Waals surface area contributed by atoms with Crippen molar-refractivity contribution in [2.75, 3.05) is 35.9 Å². The van der Waals surface area contributed by atoms with Crippen molar-refractivity contribution in [1.82, 2.24) is 15.0 Å². The number of pyridine rings is 1. The third-order valence-electron chi connectivity index (χ3n) is 5.47. The van der Waals surface area contributed by atoms with Crippen molar-refractivity contribution < 1.29 is 26.3 Å². The Bertz CT molecular complexity index is 1440. The molecule has 1 aliphatic rings. The number of alkyl halides is 3. The van der Waals surface area contributed by atoms with Crippen molar-refractivity contribution in [2.24, 2.45) is 0 Å². The molecule has 36 heavy (non-hydrogen) atoms. The summed E-state index contributed by atoms with van der Waals surface area (Å²) in [5.41, 5.74) is 0.688. The molecule has 0 radical (unpaired) electrons. The van der Waals surface area contributed by atoms with Gasteiger partial charge in [-0.15, -0.1) is 0 Å². The number of hydrogen-bond acceptors (Lipinski definition) is 7. The van der Waals surface area contributed by atoms with Crippen LogP contribution in [0.2, 0.25) is 0 Å². The first-order chi connectivity index (χ1) is 17.1. The van der Waals surface area contributed by atoms with Gasteiger partial charge in [0.15, 0.2) is 0 Å². The van der Waals surface area contributed by atoms with Crippen LogP contribution in [0, 0.1) is 25.7 Å². The van der Waals surface area contributed by atoms with Crippen LogP contribution >= 0.6 is 0 Å². The SMILES string of the molecule is Cc1ncc(C#Cc2c(C)ncnc2N2CCOCC2)cc1NS(=O)(=O)c1ccccc1C(F)(F)F. The highest BCUT2D eigenvalue weighted by Crippen LogP contribution is 2.34. The van der Waals surface area contributed by atoms with E-state index in [1.807, 2.05) is 4.90 Å². The summed E-state index contributed by atoms with van der Waals surface area (Å²) >= 11 is 0. The van der Waals surface area contributed by atoms with Crippen molar-refractivity contribution in [1.29, 1.82) is 0 Å². The minimum absolute atomic E-state index is 0.0215. The lowest BCUT2D eigenvalue weighted by molar-refractivity contribution is -0.139. The summed E-state index contributed by atoms with van der Waals surface area (Å²) in [7, 11) is -4.56. The lowest BCUT2D eigenvalue weighted by Gasteiger charge is -2.28. The molecule has 0 bridgehead atoms. The van der Waals surface area contributed by atoms with Crippen LogP contribution in [-0.4, -0.2) is 49.7 Å². The second kappa shape index (κ2) is 10.1. The van der Waals surface area contributed by atoms with E-state index >= 15 is 0 Å². The maximum Gasteiger partial charge on any atom is 0.417 e. The van der Waals surface area contributed by atoms with E-state index in [0.717, 1.165) is 18.2 Å². The van der Waals surface area contributed by atoms with Crippen LogP contribution in [0.3, 0.4) is 0 Å². The summed E-state index contributed by atoms with van der Waals surface area (Å²) in [5.74, 6) is 6.66. The average molecular weight is 518 g/mol. The zero-order valence-electron chi connectivity index (χ0n) is 19.4. The summed E-state index contributed by atoms with van der Waals surface area (Å²) in [5, 5.41) is 0. The van der Waals surface area contributed by atoms with Gasteiger partial charge in [-0.3, -0.25) is 9.71 Å². The Kier molecular flexibility index (Phi) is 7.14. The first-order valence-electron chi connectivity index (χ1n) is 10.9. The fraction of sp³-hybridized carbons (Fsp3) is 0.292. The minimum Gasteiger partial charge on any atom is -0.378 e. The summed E-state index contributed by atoms with van der Waals surface area (Å²) in [6.07, 6.45) is -1.92.